The van der Waals surface area contributed by atoms with Gasteiger partial charge in [0.25, 0.3) is 5.91 Å². The fraction of sp³-hybridized carbons (Fsp3) is 0.0526. The van der Waals surface area contributed by atoms with Crippen LogP contribution in [0.3, 0.4) is 0 Å². The number of rotatable bonds is 5. The molecule has 0 aliphatic carbocycles. The molecule has 140 valence electrons. The normalized spacial score (nSPS) is 10.8. The summed E-state index contributed by atoms with van der Waals surface area (Å²) < 4.78 is 4.25. The zero-order valence-corrected chi connectivity index (χ0v) is 16.8. The van der Waals surface area contributed by atoms with Gasteiger partial charge in [0.2, 0.25) is 5.95 Å². The van der Waals surface area contributed by atoms with E-state index in [9.17, 15) is 4.79 Å². The highest BCUT2D eigenvalue weighted by Crippen LogP contribution is 2.15. The second kappa shape index (κ2) is 7.95. The molecule has 2 aromatic carbocycles. The fourth-order valence-electron chi connectivity index (χ4n) is 2.58. The molecule has 0 aliphatic heterocycles. The van der Waals surface area contributed by atoms with Gasteiger partial charge in [-0.05, 0) is 42.0 Å². The van der Waals surface area contributed by atoms with Gasteiger partial charge in [-0.3, -0.25) is 10.1 Å². The average Bonchev–Trinajstić information content (AvgIpc) is 3.33. The Balaban J connectivity index is 1.43. The molecule has 2 heterocycles. The number of hydrogen-bond acceptors (Lipinski definition) is 4. The lowest BCUT2D eigenvalue weighted by molar-refractivity contribution is 0.102. The van der Waals surface area contributed by atoms with Crippen molar-refractivity contribution >= 4 is 39.4 Å². The number of nitrogens with one attached hydrogen (secondary N) is 1. The summed E-state index contributed by atoms with van der Waals surface area (Å²) in [4.78, 5) is 16.6. The number of carbonyl (C=O) groups is 1. The molecule has 0 fully saturated rings. The zero-order chi connectivity index (χ0) is 19.5. The Hall–Kier alpha value is -2.97. The van der Waals surface area contributed by atoms with Crippen LogP contribution in [0.2, 0.25) is 5.02 Å². The van der Waals surface area contributed by atoms with Gasteiger partial charge in [0.1, 0.15) is 6.33 Å². The van der Waals surface area contributed by atoms with E-state index in [2.05, 4.69) is 36.4 Å². The summed E-state index contributed by atoms with van der Waals surface area (Å²) in [5.41, 5.74) is 2.10. The first-order valence-corrected chi connectivity index (χ1v) is 9.51. The summed E-state index contributed by atoms with van der Waals surface area (Å²) in [6, 6.07) is 16.7. The molecule has 0 unspecified atom stereocenters. The third-order valence-corrected chi connectivity index (χ3v) is 4.68. The second-order valence-corrected chi connectivity index (χ2v) is 7.32. The van der Waals surface area contributed by atoms with Crippen LogP contribution in [0.15, 0.2) is 71.6 Å². The summed E-state index contributed by atoms with van der Waals surface area (Å²) in [6.45, 7) is 0.555. The van der Waals surface area contributed by atoms with Gasteiger partial charge in [-0.1, -0.05) is 45.7 Å². The monoisotopic (exact) mass is 456 g/mol. The standard InChI is InChI=1S/C19H14BrClN6O/c20-14-6-4-13(5-7-14)11-26-12-22-19(25-26)23-18(28)17-8-9-27(24-17)16-3-1-2-15(21)10-16/h1-10,12H,11H2,(H,23,25,28). The van der Waals surface area contributed by atoms with Crippen LogP contribution in [0.1, 0.15) is 16.1 Å². The molecule has 0 saturated carbocycles. The van der Waals surface area contributed by atoms with Gasteiger partial charge >= 0.3 is 0 Å². The van der Waals surface area contributed by atoms with Gasteiger partial charge in [-0.15, -0.1) is 5.10 Å². The quantitative estimate of drug-likeness (QED) is 0.488. The second-order valence-electron chi connectivity index (χ2n) is 5.97. The minimum absolute atomic E-state index is 0.222. The first kappa shape index (κ1) is 18.4. The van der Waals surface area contributed by atoms with Gasteiger partial charge in [0.05, 0.1) is 12.2 Å². The zero-order valence-electron chi connectivity index (χ0n) is 14.5. The summed E-state index contributed by atoms with van der Waals surface area (Å²) in [5, 5.41) is 11.8. The molecular formula is C19H14BrClN6O. The van der Waals surface area contributed by atoms with Crippen LogP contribution < -0.4 is 5.32 Å². The van der Waals surface area contributed by atoms with Crippen LogP contribution in [0.4, 0.5) is 5.95 Å². The molecule has 0 aliphatic rings. The van der Waals surface area contributed by atoms with Gasteiger partial charge in [0.15, 0.2) is 5.69 Å². The number of aromatic nitrogens is 5. The smallest absolute Gasteiger partial charge is 0.278 e. The molecule has 1 amide bonds. The van der Waals surface area contributed by atoms with E-state index < -0.39 is 0 Å². The highest BCUT2D eigenvalue weighted by atomic mass is 79.9. The van der Waals surface area contributed by atoms with Crippen LogP contribution in [-0.2, 0) is 6.54 Å². The van der Waals surface area contributed by atoms with Crippen LogP contribution in [-0.4, -0.2) is 30.5 Å². The number of amides is 1. The molecule has 0 saturated heterocycles. The maximum absolute atomic E-state index is 12.4. The Morgan fingerprint density at radius 2 is 1.93 bits per heavy atom. The topological polar surface area (TPSA) is 77.6 Å². The molecule has 28 heavy (non-hydrogen) atoms. The number of carbonyl (C=O) groups excluding carboxylic acids is 1. The van der Waals surface area contributed by atoms with Crippen molar-refractivity contribution in [1.29, 1.82) is 0 Å². The molecule has 2 aromatic heterocycles. The average molecular weight is 458 g/mol. The van der Waals surface area contributed by atoms with E-state index in [4.69, 9.17) is 11.6 Å². The Bertz CT molecular complexity index is 1120. The van der Waals surface area contributed by atoms with Crippen molar-refractivity contribution in [1.82, 2.24) is 24.5 Å². The SMILES string of the molecule is O=C(Nc1ncn(Cc2ccc(Br)cc2)n1)c1ccn(-c2cccc(Cl)c2)n1. The van der Waals surface area contributed by atoms with Gasteiger partial charge in [-0.2, -0.15) is 5.10 Å². The summed E-state index contributed by atoms with van der Waals surface area (Å²) >= 11 is 9.41. The van der Waals surface area contributed by atoms with Gasteiger partial charge in [0, 0.05) is 15.7 Å². The molecule has 7 nitrogen and oxygen atoms in total. The highest BCUT2D eigenvalue weighted by molar-refractivity contribution is 9.10. The maximum atomic E-state index is 12.4. The lowest BCUT2D eigenvalue weighted by Gasteiger charge is -2.02. The molecule has 0 spiro atoms. The van der Waals surface area contributed by atoms with E-state index in [0.29, 0.717) is 11.6 Å². The van der Waals surface area contributed by atoms with Crippen LogP contribution in [0.5, 0.6) is 0 Å². The van der Waals surface area contributed by atoms with Crippen molar-refractivity contribution in [2.45, 2.75) is 6.54 Å². The van der Waals surface area contributed by atoms with Crippen molar-refractivity contribution in [3.8, 4) is 5.69 Å². The third kappa shape index (κ3) is 4.29. The Labute approximate surface area is 174 Å². The largest absolute Gasteiger partial charge is 0.288 e. The Morgan fingerprint density at radius 1 is 1.11 bits per heavy atom. The Kier molecular flexibility index (Phi) is 5.23. The molecule has 0 radical (unpaired) electrons. The molecule has 4 aromatic rings. The first-order valence-electron chi connectivity index (χ1n) is 8.34. The molecule has 1 N–H and O–H groups in total. The number of halogens is 2. The van der Waals surface area contributed by atoms with Crippen molar-refractivity contribution in [3.63, 3.8) is 0 Å². The summed E-state index contributed by atoms with van der Waals surface area (Å²) in [6.07, 6.45) is 3.27. The summed E-state index contributed by atoms with van der Waals surface area (Å²) in [7, 11) is 0. The highest BCUT2D eigenvalue weighted by Gasteiger charge is 2.13. The van der Waals surface area contributed by atoms with Crippen LogP contribution >= 0.6 is 27.5 Å². The van der Waals surface area contributed by atoms with Gasteiger partial charge in [-0.25, -0.2) is 14.3 Å². The third-order valence-electron chi connectivity index (χ3n) is 3.91. The minimum atomic E-state index is -0.387. The molecule has 0 atom stereocenters. The van der Waals surface area contributed by atoms with E-state index in [1.54, 1.807) is 40.1 Å². The van der Waals surface area contributed by atoms with Crippen LogP contribution in [0, 0.1) is 0 Å². The number of benzene rings is 2. The lowest BCUT2D eigenvalue weighted by Crippen LogP contribution is -2.14. The van der Waals surface area contributed by atoms with Crippen molar-refractivity contribution < 1.29 is 4.79 Å². The number of hydrogen-bond donors (Lipinski definition) is 1. The number of nitrogens with zero attached hydrogens (tertiary/aromatic N) is 5. The van der Waals surface area contributed by atoms with E-state index >= 15 is 0 Å². The van der Waals surface area contributed by atoms with E-state index in [-0.39, 0.29) is 17.5 Å². The summed E-state index contributed by atoms with van der Waals surface area (Å²) in [5.74, 6) is -0.165. The van der Waals surface area contributed by atoms with Crippen molar-refractivity contribution in [2.75, 3.05) is 5.32 Å². The van der Waals surface area contributed by atoms with E-state index in [1.165, 1.54) is 0 Å². The first-order chi connectivity index (χ1) is 13.6. The van der Waals surface area contributed by atoms with Crippen molar-refractivity contribution in [2.24, 2.45) is 0 Å². The molecule has 9 heteroatoms. The number of anilines is 1. The lowest BCUT2D eigenvalue weighted by atomic mass is 10.2. The molecule has 0 bridgehead atoms. The maximum Gasteiger partial charge on any atom is 0.278 e. The van der Waals surface area contributed by atoms with E-state index in [0.717, 1.165) is 15.7 Å². The Morgan fingerprint density at radius 3 is 2.71 bits per heavy atom. The minimum Gasteiger partial charge on any atom is -0.288 e. The fourth-order valence-corrected chi connectivity index (χ4v) is 3.03. The van der Waals surface area contributed by atoms with Gasteiger partial charge < -0.3 is 0 Å². The molecular weight excluding hydrogens is 444 g/mol. The van der Waals surface area contributed by atoms with E-state index in [1.807, 2.05) is 36.4 Å². The predicted molar refractivity (Wildman–Crippen MR) is 110 cm³/mol. The molecule has 4 rings (SSSR count). The van der Waals surface area contributed by atoms with Crippen LogP contribution in [0.25, 0.3) is 5.69 Å². The van der Waals surface area contributed by atoms with Crippen molar-refractivity contribution in [3.05, 3.63) is 87.9 Å². The predicted octanol–water partition coefficient (Wildman–Crippen LogP) is 4.18.